The van der Waals surface area contributed by atoms with E-state index in [1.165, 1.54) is 41.3 Å². The Morgan fingerprint density at radius 2 is 1.94 bits per heavy atom. The van der Waals surface area contributed by atoms with Crippen molar-refractivity contribution in [1.29, 1.82) is 0 Å². The summed E-state index contributed by atoms with van der Waals surface area (Å²) < 4.78 is 1.53. The van der Waals surface area contributed by atoms with Gasteiger partial charge in [0.05, 0.1) is 0 Å². The molecule has 176 valence electrons. The molecule has 2 aromatic rings. The number of anilines is 1. The molecule has 2 aromatic heterocycles. The minimum Gasteiger partial charge on any atom is -0.351 e. The van der Waals surface area contributed by atoms with Gasteiger partial charge in [-0.05, 0) is 44.7 Å². The molecule has 32 heavy (non-hydrogen) atoms. The van der Waals surface area contributed by atoms with Crippen molar-refractivity contribution in [3.63, 3.8) is 0 Å². The van der Waals surface area contributed by atoms with Crippen molar-refractivity contribution in [2.24, 2.45) is 5.92 Å². The molecular formula is C22H35N7O2S. The minimum absolute atomic E-state index is 0.265. The Hall–Kier alpha value is -2.04. The summed E-state index contributed by atoms with van der Waals surface area (Å²) in [5, 5.41) is 8.44. The average molecular weight is 462 g/mol. The van der Waals surface area contributed by atoms with Gasteiger partial charge in [-0.25, -0.2) is 0 Å². The van der Waals surface area contributed by atoms with Crippen LogP contribution in [0.1, 0.15) is 50.0 Å². The molecule has 0 aliphatic carbocycles. The van der Waals surface area contributed by atoms with E-state index in [9.17, 15) is 9.59 Å². The van der Waals surface area contributed by atoms with Gasteiger partial charge in [0.1, 0.15) is 5.69 Å². The Bertz CT molecular complexity index is 967. The summed E-state index contributed by atoms with van der Waals surface area (Å²) in [6, 6.07) is 1.29. The highest BCUT2D eigenvalue weighted by atomic mass is 32.1. The Morgan fingerprint density at radius 1 is 1.19 bits per heavy atom. The molecule has 1 N–H and O–H groups in total. The lowest BCUT2D eigenvalue weighted by molar-refractivity contribution is 0.0940. The first-order chi connectivity index (χ1) is 15.5. The van der Waals surface area contributed by atoms with Crippen LogP contribution in [-0.4, -0.2) is 89.2 Å². The van der Waals surface area contributed by atoms with E-state index in [-0.39, 0.29) is 11.6 Å². The largest absolute Gasteiger partial charge is 0.351 e. The van der Waals surface area contributed by atoms with Gasteiger partial charge in [-0.2, -0.15) is 9.50 Å². The number of piperidine rings is 1. The summed E-state index contributed by atoms with van der Waals surface area (Å²) in [5.41, 5.74) is -0.136. The van der Waals surface area contributed by atoms with E-state index >= 15 is 0 Å². The predicted octanol–water partition coefficient (Wildman–Crippen LogP) is 1.53. The highest BCUT2D eigenvalue weighted by molar-refractivity contribution is 7.20. The second kappa shape index (κ2) is 10.7. The number of hydrogen-bond acceptors (Lipinski definition) is 8. The summed E-state index contributed by atoms with van der Waals surface area (Å²) >= 11 is 1.38. The van der Waals surface area contributed by atoms with Crippen LogP contribution in [0.15, 0.2) is 10.9 Å². The molecule has 1 amide bonds. The molecule has 2 aliphatic heterocycles. The van der Waals surface area contributed by atoms with Crippen molar-refractivity contribution < 1.29 is 4.79 Å². The molecular weight excluding hydrogens is 426 g/mol. The van der Waals surface area contributed by atoms with Gasteiger partial charge in [0, 0.05) is 51.9 Å². The fourth-order valence-electron chi connectivity index (χ4n) is 4.61. The molecule has 0 aromatic carbocycles. The van der Waals surface area contributed by atoms with Crippen LogP contribution in [0, 0.1) is 5.92 Å². The van der Waals surface area contributed by atoms with Crippen LogP contribution in [0.25, 0.3) is 4.96 Å². The molecule has 0 radical (unpaired) electrons. The fraction of sp³-hybridized carbons (Fsp3) is 0.727. The van der Waals surface area contributed by atoms with E-state index in [4.69, 9.17) is 0 Å². The quantitative estimate of drug-likeness (QED) is 0.597. The lowest BCUT2D eigenvalue weighted by Crippen LogP contribution is -2.47. The van der Waals surface area contributed by atoms with Gasteiger partial charge >= 0.3 is 0 Å². The number of hydrogen-bond donors (Lipinski definition) is 1. The van der Waals surface area contributed by atoms with E-state index in [0.29, 0.717) is 17.4 Å². The van der Waals surface area contributed by atoms with Gasteiger partial charge in [-0.15, -0.1) is 5.10 Å². The zero-order valence-electron chi connectivity index (χ0n) is 19.3. The van der Waals surface area contributed by atoms with Crippen molar-refractivity contribution in [3.05, 3.63) is 22.1 Å². The molecule has 4 heterocycles. The lowest BCUT2D eigenvalue weighted by atomic mass is 10.0. The normalized spacial score (nSPS) is 20.7. The summed E-state index contributed by atoms with van der Waals surface area (Å²) in [5.74, 6) is 0.345. The van der Waals surface area contributed by atoms with Gasteiger partial charge in [0.2, 0.25) is 10.1 Å². The van der Waals surface area contributed by atoms with E-state index < -0.39 is 5.56 Å². The Balaban J connectivity index is 1.33. The number of piperazine rings is 1. The molecule has 9 nitrogen and oxygen atoms in total. The Labute approximate surface area is 193 Å². The van der Waals surface area contributed by atoms with Crippen molar-refractivity contribution in [2.75, 3.05) is 63.8 Å². The first-order valence-corrected chi connectivity index (χ1v) is 12.7. The van der Waals surface area contributed by atoms with E-state index in [2.05, 4.69) is 43.9 Å². The van der Waals surface area contributed by atoms with Crippen molar-refractivity contribution in [2.45, 2.75) is 39.5 Å². The topological polar surface area (TPSA) is 86.1 Å². The van der Waals surface area contributed by atoms with Crippen LogP contribution in [0.3, 0.4) is 0 Å². The number of carbonyl (C=O) groups is 1. The Kier molecular flexibility index (Phi) is 7.75. The van der Waals surface area contributed by atoms with Gasteiger partial charge in [-0.3, -0.25) is 9.59 Å². The van der Waals surface area contributed by atoms with Gasteiger partial charge in [0.15, 0.2) is 0 Å². The third-order valence-corrected chi connectivity index (χ3v) is 7.31. The highest BCUT2D eigenvalue weighted by Gasteiger charge is 2.22. The zero-order chi connectivity index (χ0) is 22.5. The smallest absolute Gasteiger partial charge is 0.274 e. The number of nitrogens with zero attached hydrogens (tertiary/aromatic N) is 6. The molecule has 2 aliphatic rings. The standard InChI is InChI=1S/C22H35N7O2S/c1-3-8-26-11-13-27(14-12-26)9-5-7-23-20(31)18-15-19(30)24-21-29(18)25-22(32-21)28-10-4-6-17(2)16-28/h15,17H,3-14,16H2,1-2H3,(H,23,31)/t17-/m1/s1. The molecule has 0 spiro atoms. The van der Waals surface area contributed by atoms with Crippen molar-refractivity contribution in [1.82, 2.24) is 29.7 Å². The molecule has 2 fully saturated rings. The number of nitrogens with one attached hydrogen (secondary N) is 1. The number of fused-ring (bicyclic) bond motifs is 1. The number of carbonyl (C=O) groups excluding carboxylic acids is 1. The molecule has 0 unspecified atom stereocenters. The second-order valence-corrected chi connectivity index (χ2v) is 9.98. The van der Waals surface area contributed by atoms with Crippen LogP contribution in [0.2, 0.25) is 0 Å². The summed E-state index contributed by atoms with van der Waals surface area (Å²) in [7, 11) is 0. The third kappa shape index (κ3) is 5.65. The predicted molar refractivity (Wildman–Crippen MR) is 128 cm³/mol. The fourth-order valence-corrected chi connectivity index (χ4v) is 5.55. The second-order valence-electron chi connectivity index (χ2n) is 9.04. The maximum atomic E-state index is 12.8. The molecule has 1 atom stereocenters. The van der Waals surface area contributed by atoms with Crippen LogP contribution >= 0.6 is 11.3 Å². The van der Waals surface area contributed by atoms with Crippen LogP contribution in [0.4, 0.5) is 5.13 Å². The number of rotatable bonds is 8. The summed E-state index contributed by atoms with van der Waals surface area (Å²) in [6.45, 7) is 13.5. The number of amides is 1. The molecule has 10 heteroatoms. The highest BCUT2D eigenvalue weighted by Crippen LogP contribution is 2.27. The minimum atomic E-state index is -0.401. The lowest BCUT2D eigenvalue weighted by Gasteiger charge is -2.34. The first kappa shape index (κ1) is 23.1. The maximum Gasteiger partial charge on any atom is 0.274 e. The van der Waals surface area contributed by atoms with E-state index in [1.54, 1.807) is 0 Å². The SMILES string of the molecule is CCCN1CCN(CCCNC(=O)c2cc(=O)nc3sc(N4CCC[C@@H](C)C4)nn23)CC1. The van der Waals surface area contributed by atoms with Gasteiger partial charge in [-0.1, -0.05) is 25.2 Å². The van der Waals surface area contributed by atoms with E-state index in [0.717, 1.165) is 63.8 Å². The molecule has 4 rings (SSSR count). The van der Waals surface area contributed by atoms with Gasteiger partial charge < -0.3 is 20.0 Å². The average Bonchev–Trinajstić information content (AvgIpc) is 3.21. The van der Waals surface area contributed by atoms with E-state index in [1.807, 2.05) is 0 Å². The summed E-state index contributed by atoms with van der Waals surface area (Å²) in [4.78, 5) is 36.7. The first-order valence-electron chi connectivity index (χ1n) is 11.9. The molecule has 0 bridgehead atoms. The van der Waals surface area contributed by atoms with Crippen LogP contribution < -0.4 is 15.8 Å². The van der Waals surface area contributed by atoms with Crippen molar-refractivity contribution >= 4 is 27.3 Å². The summed E-state index contributed by atoms with van der Waals surface area (Å²) in [6.07, 6.45) is 4.44. The maximum absolute atomic E-state index is 12.8. The van der Waals surface area contributed by atoms with Crippen LogP contribution in [0.5, 0.6) is 0 Å². The third-order valence-electron chi connectivity index (χ3n) is 6.35. The van der Waals surface area contributed by atoms with Crippen molar-refractivity contribution in [3.8, 4) is 0 Å². The zero-order valence-corrected chi connectivity index (χ0v) is 20.1. The van der Waals surface area contributed by atoms with Gasteiger partial charge in [0.25, 0.3) is 11.5 Å². The Morgan fingerprint density at radius 3 is 2.66 bits per heavy atom. The molecule has 2 saturated heterocycles. The monoisotopic (exact) mass is 461 g/mol. The molecule has 0 saturated carbocycles. The number of aromatic nitrogens is 3. The van der Waals surface area contributed by atoms with Crippen LogP contribution in [-0.2, 0) is 0 Å².